The molecule has 5 aromatic rings. The van der Waals surface area contributed by atoms with Gasteiger partial charge in [-0.2, -0.15) is 24.9 Å². The van der Waals surface area contributed by atoms with Crippen LogP contribution in [-0.4, -0.2) is 73.3 Å². The maximum absolute atomic E-state index is 13.3. The van der Waals surface area contributed by atoms with Crippen LogP contribution in [0.2, 0.25) is 0 Å². The summed E-state index contributed by atoms with van der Waals surface area (Å²) in [5.74, 6) is 1.69. The van der Waals surface area contributed by atoms with Crippen LogP contribution in [0.5, 0.6) is 5.75 Å². The van der Waals surface area contributed by atoms with E-state index in [0.29, 0.717) is 46.6 Å². The topological polar surface area (TPSA) is 224 Å². The molecule has 264 valence electrons. The second kappa shape index (κ2) is 14.8. The monoisotopic (exact) mass is 713 g/mol. The molecule has 2 aromatic heterocycles. The van der Waals surface area contributed by atoms with Crippen molar-refractivity contribution in [2.75, 3.05) is 66.6 Å². The molecule has 0 saturated carbocycles. The number of hydrogen-bond acceptors (Lipinski definition) is 15. The number of rotatable bonds is 12. The molecule has 1 atom stereocenters. The number of methoxy groups -OCH3 is 1. The van der Waals surface area contributed by atoms with Gasteiger partial charge < -0.3 is 37.1 Å². The van der Waals surface area contributed by atoms with Gasteiger partial charge >= 0.3 is 0 Å². The van der Waals surface area contributed by atoms with E-state index < -0.39 is 10.0 Å². The zero-order valence-electron chi connectivity index (χ0n) is 27.9. The molecular weight excluding hydrogens is 678 g/mol. The van der Waals surface area contributed by atoms with Crippen LogP contribution in [0.1, 0.15) is 23.6 Å². The van der Waals surface area contributed by atoms with Gasteiger partial charge in [0.2, 0.25) is 33.8 Å². The summed E-state index contributed by atoms with van der Waals surface area (Å²) in [6.45, 7) is 0.211. The molecule has 1 aliphatic rings. The lowest BCUT2D eigenvalue weighted by molar-refractivity contribution is 0.414. The number of nitrogens with two attached hydrogens (primary N) is 2. The van der Waals surface area contributed by atoms with Crippen LogP contribution in [0, 0.1) is 5.82 Å². The molecule has 0 radical (unpaired) electrons. The number of ether oxygens (including phenoxy) is 1. The third-order valence-corrected chi connectivity index (χ3v) is 9.20. The highest BCUT2D eigenvalue weighted by Gasteiger charge is 2.25. The number of halogens is 1. The Balaban J connectivity index is 1.14. The summed E-state index contributed by atoms with van der Waals surface area (Å²) >= 11 is 0. The predicted octanol–water partition coefficient (Wildman–Crippen LogP) is 3.85. The van der Waals surface area contributed by atoms with Crippen molar-refractivity contribution in [3.63, 3.8) is 0 Å². The highest BCUT2D eigenvalue weighted by atomic mass is 32.2. The SMILES string of the molecule is COc1ccc(C2CC(c3ccc(S(=O)(=O)NCCNc4nc(Nc5ccc(F)cc5)nc(N(C)C)n4)cc3)=Nc3c(N)nc(N)nc3N2)cc1. The number of aliphatic imine (C=N–C) groups is 1. The van der Waals surface area contributed by atoms with Gasteiger partial charge in [-0.05, 0) is 59.7 Å². The first kappa shape index (κ1) is 34.7. The summed E-state index contributed by atoms with van der Waals surface area (Å²) in [6, 6.07) is 19.5. The fourth-order valence-corrected chi connectivity index (χ4v) is 6.17. The minimum absolute atomic E-state index is 0.0124. The van der Waals surface area contributed by atoms with Crippen LogP contribution in [0.25, 0.3) is 0 Å². The van der Waals surface area contributed by atoms with Crippen LogP contribution in [0.15, 0.2) is 82.7 Å². The standard InChI is InChI=1S/C33H36FN13O3S/c1-47(2)33-45-31(44-32(46-33)39-22-10-8-21(34)9-11-22)37-16-17-38-51(48,49)24-14-6-20(7-15-24)25-18-26(19-4-12-23(50-3)13-5-19)41-29-27(40-25)28(35)42-30(36)43-29/h4-15,26,38H,16-18H2,1-3H3,(H5,35,36,41,42,43)(H2,37,39,44,45,46). The molecule has 3 aromatic carbocycles. The number of sulfonamides is 1. The summed E-state index contributed by atoms with van der Waals surface area (Å²) in [6.07, 6.45) is 0.422. The minimum atomic E-state index is -3.88. The number of anilines is 7. The van der Waals surface area contributed by atoms with Gasteiger partial charge in [0.05, 0.1) is 23.8 Å². The molecule has 1 aliphatic heterocycles. The zero-order chi connectivity index (χ0) is 36.1. The maximum atomic E-state index is 13.3. The maximum Gasteiger partial charge on any atom is 0.240 e. The molecule has 0 bridgehead atoms. The lowest BCUT2D eigenvalue weighted by atomic mass is 9.97. The van der Waals surface area contributed by atoms with E-state index in [4.69, 9.17) is 21.2 Å². The normalized spacial score (nSPS) is 14.0. The fraction of sp³-hybridized carbons (Fsp3) is 0.212. The lowest BCUT2D eigenvalue weighted by Gasteiger charge is -2.19. The second-order valence-electron chi connectivity index (χ2n) is 11.6. The van der Waals surface area contributed by atoms with E-state index in [-0.39, 0.29) is 53.5 Å². The van der Waals surface area contributed by atoms with Gasteiger partial charge in [-0.3, -0.25) is 0 Å². The third-order valence-electron chi connectivity index (χ3n) is 7.72. The smallest absolute Gasteiger partial charge is 0.240 e. The summed E-state index contributed by atoms with van der Waals surface area (Å²) in [5, 5.41) is 9.43. The quantitative estimate of drug-likeness (QED) is 0.101. The molecule has 0 aliphatic carbocycles. The van der Waals surface area contributed by atoms with E-state index in [1.807, 2.05) is 24.3 Å². The Morgan fingerprint density at radius 1 is 0.902 bits per heavy atom. The van der Waals surface area contributed by atoms with Gasteiger partial charge in [-0.1, -0.05) is 24.3 Å². The van der Waals surface area contributed by atoms with Crippen LogP contribution in [0.3, 0.4) is 0 Å². The number of hydrogen-bond donors (Lipinski definition) is 6. The molecule has 0 spiro atoms. The Labute approximate surface area is 293 Å². The van der Waals surface area contributed by atoms with Crippen LogP contribution < -0.4 is 41.8 Å². The summed E-state index contributed by atoms with van der Waals surface area (Å²) < 4.78 is 47.7. The van der Waals surface area contributed by atoms with Crippen molar-refractivity contribution in [1.82, 2.24) is 29.6 Å². The molecule has 0 amide bonds. The number of aromatic nitrogens is 5. The van der Waals surface area contributed by atoms with Crippen LogP contribution in [0.4, 0.5) is 51.2 Å². The number of benzene rings is 3. The van der Waals surface area contributed by atoms with Crippen molar-refractivity contribution in [3.05, 3.63) is 89.7 Å². The largest absolute Gasteiger partial charge is 0.497 e. The second-order valence-corrected chi connectivity index (χ2v) is 13.3. The van der Waals surface area contributed by atoms with Gasteiger partial charge in [0.1, 0.15) is 17.3 Å². The third kappa shape index (κ3) is 8.36. The molecule has 0 fully saturated rings. The average Bonchev–Trinajstić information content (AvgIpc) is 3.31. The van der Waals surface area contributed by atoms with E-state index in [1.165, 1.54) is 24.3 Å². The molecule has 51 heavy (non-hydrogen) atoms. The predicted molar refractivity (Wildman–Crippen MR) is 195 cm³/mol. The average molecular weight is 714 g/mol. The number of nitrogens with zero attached hydrogens (tertiary/aromatic N) is 7. The van der Waals surface area contributed by atoms with Gasteiger partial charge in [-0.25, -0.2) is 22.5 Å². The lowest BCUT2D eigenvalue weighted by Crippen LogP contribution is -2.29. The first-order valence-corrected chi connectivity index (χ1v) is 17.2. The number of nitrogens with one attached hydrogen (secondary N) is 4. The van der Waals surface area contributed by atoms with Crippen LogP contribution in [-0.2, 0) is 10.0 Å². The first-order valence-electron chi connectivity index (χ1n) is 15.7. The van der Waals surface area contributed by atoms with E-state index in [1.54, 1.807) is 50.4 Å². The van der Waals surface area contributed by atoms with E-state index in [0.717, 1.165) is 5.56 Å². The van der Waals surface area contributed by atoms with Crippen molar-refractivity contribution in [1.29, 1.82) is 0 Å². The van der Waals surface area contributed by atoms with Crippen molar-refractivity contribution >= 4 is 62.5 Å². The van der Waals surface area contributed by atoms with E-state index in [9.17, 15) is 12.8 Å². The Morgan fingerprint density at radius 3 is 2.29 bits per heavy atom. The highest BCUT2D eigenvalue weighted by Crippen LogP contribution is 2.38. The van der Waals surface area contributed by atoms with E-state index >= 15 is 0 Å². The molecule has 0 saturated heterocycles. The van der Waals surface area contributed by atoms with Gasteiger partial charge in [0.25, 0.3) is 0 Å². The molecule has 8 N–H and O–H groups in total. The molecule has 1 unspecified atom stereocenters. The summed E-state index contributed by atoms with van der Waals surface area (Å²) in [4.78, 5) is 28.1. The van der Waals surface area contributed by atoms with Crippen LogP contribution >= 0.6 is 0 Å². The molecule has 6 rings (SSSR count). The van der Waals surface area contributed by atoms with Crippen molar-refractivity contribution in [2.24, 2.45) is 4.99 Å². The van der Waals surface area contributed by atoms with Crippen molar-refractivity contribution in [2.45, 2.75) is 17.4 Å². The Morgan fingerprint density at radius 2 is 1.61 bits per heavy atom. The van der Waals surface area contributed by atoms with Crippen molar-refractivity contribution in [3.8, 4) is 5.75 Å². The van der Waals surface area contributed by atoms with Gasteiger partial charge in [0.15, 0.2) is 11.6 Å². The first-order chi connectivity index (χ1) is 24.5. The molecule has 18 heteroatoms. The highest BCUT2D eigenvalue weighted by molar-refractivity contribution is 7.89. The molecule has 16 nitrogen and oxygen atoms in total. The Kier molecular flexibility index (Phi) is 10.1. The minimum Gasteiger partial charge on any atom is -0.497 e. The fourth-order valence-electron chi connectivity index (χ4n) is 5.14. The summed E-state index contributed by atoms with van der Waals surface area (Å²) in [7, 11) is 1.28. The molecular formula is C33H36FN13O3S. The van der Waals surface area contributed by atoms with Gasteiger partial charge in [-0.15, -0.1) is 0 Å². The molecule has 3 heterocycles. The van der Waals surface area contributed by atoms with E-state index in [2.05, 4.69) is 45.6 Å². The number of nitrogen functional groups attached to an aromatic ring is 2. The summed E-state index contributed by atoms with van der Waals surface area (Å²) in [5.41, 5.74) is 15.3. The van der Waals surface area contributed by atoms with Crippen molar-refractivity contribution < 1.29 is 17.5 Å². The Bertz CT molecular complexity index is 2150. The Hall–Kier alpha value is -6.14. The number of fused-ring (bicyclic) bond motifs is 1. The van der Waals surface area contributed by atoms with Gasteiger partial charge in [0, 0.05) is 39.3 Å². The zero-order valence-corrected chi connectivity index (χ0v) is 28.7.